The normalized spacial score (nSPS) is 14.2. The van der Waals surface area contributed by atoms with Gasteiger partial charge >= 0.3 is 0 Å². The van der Waals surface area contributed by atoms with Crippen molar-refractivity contribution in [2.75, 3.05) is 30.9 Å². The quantitative estimate of drug-likeness (QED) is 0.740. The zero-order valence-electron chi connectivity index (χ0n) is 15.1. The predicted molar refractivity (Wildman–Crippen MR) is 101 cm³/mol. The lowest BCUT2D eigenvalue weighted by atomic mass is 10.1. The summed E-state index contributed by atoms with van der Waals surface area (Å²) < 4.78 is 37.6. The number of nitrogens with zero attached hydrogens (tertiary/aromatic N) is 3. The third kappa shape index (κ3) is 4.28. The number of piperazine rings is 1. The van der Waals surface area contributed by atoms with Crippen LogP contribution in [-0.4, -0.2) is 61.2 Å². The van der Waals surface area contributed by atoms with Crippen LogP contribution in [0.4, 0.5) is 10.1 Å². The number of aryl methyl sites for hydroxylation is 1. The van der Waals surface area contributed by atoms with Gasteiger partial charge in [-0.2, -0.15) is 0 Å². The van der Waals surface area contributed by atoms with Gasteiger partial charge in [0.15, 0.2) is 5.82 Å². The summed E-state index contributed by atoms with van der Waals surface area (Å²) in [5.41, 5.74) is 1.45. The average molecular weight is 406 g/mol. The lowest BCUT2D eigenvalue weighted by Crippen LogP contribution is -2.50. The van der Waals surface area contributed by atoms with Gasteiger partial charge in [0, 0.05) is 37.9 Å². The maximum absolute atomic E-state index is 13.8. The number of benzene rings is 1. The van der Waals surface area contributed by atoms with Crippen molar-refractivity contribution in [1.82, 2.24) is 14.8 Å². The van der Waals surface area contributed by atoms with Gasteiger partial charge in [0.1, 0.15) is 0 Å². The molecule has 3 rings (SSSR count). The highest BCUT2D eigenvalue weighted by Crippen LogP contribution is 2.19. The first kappa shape index (κ1) is 19.7. The highest BCUT2D eigenvalue weighted by molar-refractivity contribution is 7.73. The zero-order chi connectivity index (χ0) is 20.3. The molecule has 0 atom stereocenters. The van der Waals surface area contributed by atoms with Crippen LogP contribution < -0.4 is 4.72 Å². The molecule has 0 radical (unpaired) electrons. The summed E-state index contributed by atoms with van der Waals surface area (Å²) in [5.74, 6) is -1.30. The summed E-state index contributed by atoms with van der Waals surface area (Å²) in [6.45, 7) is 2.94. The molecule has 1 aromatic heterocycles. The van der Waals surface area contributed by atoms with Crippen LogP contribution >= 0.6 is 0 Å². The number of anilines is 1. The number of hydrogen-bond donors (Lipinski definition) is 2. The van der Waals surface area contributed by atoms with Crippen LogP contribution in [0.3, 0.4) is 0 Å². The van der Waals surface area contributed by atoms with Crippen LogP contribution in [0.25, 0.3) is 0 Å². The van der Waals surface area contributed by atoms with Crippen molar-refractivity contribution in [2.45, 2.75) is 6.92 Å². The summed E-state index contributed by atoms with van der Waals surface area (Å²) in [6, 6.07) is 6.05. The molecule has 0 unspecified atom stereocenters. The van der Waals surface area contributed by atoms with Gasteiger partial charge in [-0.1, -0.05) is 0 Å². The van der Waals surface area contributed by atoms with Crippen LogP contribution in [0.2, 0.25) is 0 Å². The average Bonchev–Trinajstić information content (AvgIpc) is 2.68. The van der Waals surface area contributed by atoms with Crippen molar-refractivity contribution in [3.05, 3.63) is 59.2 Å². The van der Waals surface area contributed by atoms with Crippen molar-refractivity contribution < 1.29 is 22.4 Å². The van der Waals surface area contributed by atoms with E-state index in [0.717, 1.165) is 6.20 Å². The summed E-state index contributed by atoms with van der Waals surface area (Å²) in [5, 5.41) is 0. The molecule has 1 N–H and O–H groups in total. The molecule has 0 aliphatic carbocycles. The number of nitrogens with one attached hydrogen (secondary N) is 1. The maximum atomic E-state index is 13.8. The lowest BCUT2D eigenvalue weighted by molar-refractivity contribution is 0.0532. The number of rotatable bonds is 4. The van der Waals surface area contributed by atoms with E-state index in [2.05, 4.69) is 9.71 Å². The van der Waals surface area contributed by atoms with Crippen LogP contribution in [0, 0.1) is 12.7 Å². The van der Waals surface area contributed by atoms with Gasteiger partial charge in [-0.25, -0.2) is 12.8 Å². The van der Waals surface area contributed by atoms with E-state index in [9.17, 15) is 22.4 Å². The minimum Gasteiger partial charge on any atom is -0.335 e. The Morgan fingerprint density at radius 3 is 2.29 bits per heavy atom. The largest absolute Gasteiger partial charge is 0.335 e. The molecular formula is C18H19FN4O4S. The molecule has 0 spiro atoms. The Morgan fingerprint density at radius 1 is 1.07 bits per heavy atom. The maximum Gasteiger partial charge on any atom is 0.257 e. The number of amides is 2. The number of carbonyl (C=O) groups excluding carboxylic acids is 2. The van der Waals surface area contributed by atoms with E-state index < -0.39 is 22.6 Å². The Morgan fingerprint density at radius 2 is 1.71 bits per heavy atom. The van der Waals surface area contributed by atoms with Crippen LogP contribution in [0.5, 0.6) is 0 Å². The highest BCUT2D eigenvalue weighted by Gasteiger charge is 2.27. The van der Waals surface area contributed by atoms with Crippen molar-refractivity contribution in [1.29, 1.82) is 0 Å². The summed E-state index contributed by atoms with van der Waals surface area (Å²) >= 11 is 0. The summed E-state index contributed by atoms with van der Waals surface area (Å²) in [4.78, 5) is 31.9. The van der Waals surface area contributed by atoms with E-state index in [4.69, 9.17) is 0 Å². The molecule has 2 aromatic rings. The number of carbonyl (C=O) groups is 2. The highest BCUT2D eigenvalue weighted by atomic mass is 32.2. The monoisotopic (exact) mass is 406 g/mol. The van der Waals surface area contributed by atoms with Gasteiger partial charge in [-0.05, 0) is 36.8 Å². The van der Waals surface area contributed by atoms with Crippen molar-refractivity contribution in [2.24, 2.45) is 0 Å². The second-order valence-electron chi connectivity index (χ2n) is 6.34. The molecule has 2 amide bonds. The standard InChI is InChI=1S/C18H19FN4O4S/c1-12-10-13(2-3-16(12)21-28(26)27)17(24)22-6-8-23(9-7-22)18(25)14-4-5-20-11-15(14)19/h2-5,10-11,28H,6-9H2,1H3,(H,21,26,27). The van der Waals surface area contributed by atoms with E-state index in [1.54, 1.807) is 30.0 Å². The van der Waals surface area contributed by atoms with Gasteiger partial charge in [-0.15, -0.1) is 0 Å². The van der Waals surface area contributed by atoms with E-state index in [0.29, 0.717) is 43.0 Å². The third-order valence-electron chi connectivity index (χ3n) is 4.54. The Kier molecular flexibility index (Phi) is 5.88. The Labute approximate surface area is 163 Å². The van der Waals surface area contributed by atoms with Crippen molar-refractivity contribution in [3.63, 3.8) is 0 Å². The van der Waals surface area contributed by atoms with Gasteiger partial charge in [0.05, 0.1) is 17.4 Å². The second-order valence-corrected chi connectivity index (χ2v) is 7.08. The molecule has 1 saturated heterocycles. The number of thiol groups is 1. The van der Waals surface area contributed by atoms with Gasteiger partial charge in [0.25, 0.3) is 11.8 Å². The first-order chi connectivity index (χ1) is 13.4. The number of halogens is 1. The molecule has 1 aliphatic rings. The number of pyridine rings is 1. The number of hydrogen-bond acceptors (Lipinski definition) is 5. The third-order valence-corrected chi connectivity index (χ3v) is 4.97. The summed E-state index contributed by atoms with van der Waals surface area (Å²) in [6.07, 6.45) is 2.36. The predicted octanol–water partition coefficient (Wildman–Crippen LogP) is 1.07. The molecule has 0 bridgehead atoms. The fourth-order valence-corrected chi connectivity index (χ4v) is 3.48. The molecule has 28 heavy (non-hydrogen) atoms. The Hall–Kier alpha value is -3.01. The molecule has 10 heteroatoms. The molecular weight excluding hydrogens is 387 g/mol. The van der Waals surface area contributed by atoms with E-state index in [-0.39, 0.29) is 11.5 Å². The summed E-state index contributed by atoms with van der Waals surface area (Å²) in [7, 11) is -2.78. The fourth-order valence-electron chi connectivity index (χ4n) is 3.03. The van der Waals surface area contributed by atoms with Crippen LogP contribution in [0.15, 0.2) is 36.7 Å². The Balaban J connectivity index is 1.65. The SMILES string of the molecule is Cc1cc(C(=O)N2CCN(C(=O)c3ccncc3F)CC2)ccc1N[SH](=O)=O. The molecule has 8 nitrogen and oxygen atoms in total. The molecule has 1 aliphatic heterocycles. The van der Waals surface area contributed by atoms with E-state index in [1.807, 2.05) is 0 Å². The van der Waals surface area contributed by atoms with Gasteiger partial charge in [-0.3, -0.25) is 19.3 Å². The van der Waals surface area contributed by atoms with Crippen LogP contribution in [-0.2, 0) is 10.9 Å². The second kappa shape index (κ2) is 8.34. The van der Waals surface area contributed by atoms with Gasteiger partial charge in [0.2, 0.25) is 10.9 Å². The first-order valence-corrected chi connectivity index (χ1v) is 9.74. The topological polar surface area (TPSA) is 99.7 Å². The van der Waals surface area contributed by atoms with Gasteiger partial charge < -0.3 is 9.80 Å². The van der Waals surface area contributed by atoms with E-state index in [1.165, 1.54) is 17.2 Å². The minimum atomic E-state index is -2.78. The molecule has 148 valence electrons. The Bertz CT molecular complexity index is 979. The molecule has 2 heterocycles. The number of aromatic nitrogens is 1. The molecule has 1 fully saturated rings. The van der Waals surface area contributed by atoms with Crippen LogP contribution in [0.1, 0.15) is 26.3 Å². The molecule has 1 aromatic carbocycles. The smallest absolute Gasteiger partial charge is 0.257 e. The fraction of sp³-hybridized carbons (Fsp3) is 0.278. The first-order valence-electron chi connectivity index (χ1n) is 8.56. The minimum absolute atomic E-state index is 0.0369. The lowest BCUT2D eigenvalue weighted by Gasteiger charge is -2.35. The van der Waals surface area contributed by atoms with Crippen molar-refractivity contribution in [3.8, 4) is 0 Å². The van der Waals surface area contributed by atoms with E-state index >= 15 is 0 Å². The van der Waals surface area contributed by atoms with Crippen molar-refractivity contribution >= 4 is 28.4 Å². The molecule has 0 saturated carbocycles. The zero-order valence-corrected chi connectivity index (χ0v) is 16.0.